The molecule has 108 valence electrons. The highest BCUT2D eigenvalue weighted by atomic mass is 32.2. The minimum atomic E-state index is -3.79. The van der Waals surface area contributed by atoms with Gasteiger partial charge in [0.05, 0.1) is 12.0 Å². The van der Waals surface area contributed by atoms with Gasteiger partial charge in [0, 0.05) is 0 Å². The molecule has 1 aromatic carbocycles. The fourth-order valence-electron chi connectivity index (χ4n) is 1.69. The van der Waals surface area contributed by atoms with Crippen LogP contribution >= 0.6 is 0 Å². The molecule has 0 radical (unpaired) electrons. The SMILES string of the molecule is COc1ccc(S(=O)(=O)Nc2ncnc3n[nH]nc23)cc1. The largest absolute Gasteiger partial charge is 0.497 e. The van der Waals surface area contributed by atoms with Gasteiger partial charge in [0.1, 0.15) is 12.1 Å². The van der Waals surface area contributed by atoms with Crippen LogP contribution in [-0.4, -0.2) is 40.9 Å². The number of rotatable bonds is 4. The Bertz CT molecular complexity index is 874. The molecular formula is C11H10N6O3S. The molecule has 0 aliphatic heterocycles. The third kappa shape index (κ3) is 2.48. The zero-order valence-electron chi connectivity index (χ0n) is 10.8. The number of nitrogens with one attached hydrogen (secondary N) is 2. The highest BCUT2D eigenvalue weighted by Crippen LogP contribution is 2.20. The Morgan fingerprint density at radius 1 is 1.14 bits per heavy atom. The second kappa shape index (κ2) is 4.98. The van der Waals surface area contributed by atoms with Gasteiger partial charge in [-0.05, 0) is 24.3 Å². The van der Waals surface area contributed by atoms with Gasteiger partial charge in [0.25, 0.3) is 10.0 Å². The molecule has 2 aromatic heterocycles. The zero-order valence-corrected chi connectivity index (χ0v) is 11.6. The minimum absolute atomic E-state index is 0.0598. The lowest BCUT2D eigenvalue weighted by Crippen LogP contribution is -2.14. The third-order valence-corrected chi connectivity index (χ3v) is 4.08. The van der Waals surface area contributed by atoms with Crippen LogP contribution in [0.1, 0.15) is 0 Å². The normalized spacial score (nSPS) is 11.5. The van der Waals surface area contributed by atoms with Gasteiger partial charge in [0.15, 0.2) is 11.3 Å². The van der Waals surface area contributed by atoms with Crippen molar-refractivity contribution in [2.24, 2.45) is 0 Å². The van der Waals surface area contributed by atoms with Crippen LogP contribution in [0.15, 0.2) is 35.5 Å². The average Bonchev–Trinajstić information content (AvgIpc) is 2.97. The Balaban J connectivity index is 1.97. The van der Waals surface area contributed by atoms with E-state index in [-0.39, 0.29) is 21.9 Å². The van der Waals surface area contributed by atoms with Crippen LogP contribution in [0.2, 0.25) is 0 Å². The molecule has 0 bridgehead atoms. The van der Waals surface area contributed by atoms with Crippen LogP contribution in [0.5, 0.6) is 5.75 Å². The summed E-state index contributed by atoms with van der Waals surface area (Å²) in [6.45, 7) is 0. The van der Waals surface area contributed by atoms with Gasteiger partial charge in [0.2, 0.25) is 5.65 Å². The highest BCUT2D eigenvalue weighted by molar-refractivity contribution is 7.92. The number of nitrogens with zero attached hydrogens (tertiary/aromatic N) is 4. The van der Waals surface area contributed by atoms with Gasteiger partial charge in [-0.25, -0.2) is 18.4 Å². The van der Waals surface area contributed by atoms with E-state index >= 15 is 0 Å². The molecule has 0 spiro atoms. The number of fused-ring (bicyclic) bond motifs is 1. The fourth-order valence-corrected chi connectivity index (χ4v) is 2.71. The maximum atomic E-state index is 12.3. The van der Waals surface area contributed by atoms with Gasteiger partial charge in [-0.2, -0.15) is 10.3 Å². The van der Waals surface area contributed by atoms with Crippen molar-refractivity contribution in [1.29, 1.82) is 0 Å². The zero-order chi connectivity index (χ0) is 14.9. The molecule has 0 atom stereocenters. The molecule has 0 fully saturated rings. The van der Waals surface area contributed by atoms with Gasteiger partial charge in [-0.1, -0.05) is 0 Å². The van der Waals surface area contributed by atoms with E-state index in [1.807, 2.05) is 0 Å². The molecule has 0 saturated carbocycles. The number of methoxy groups -OCH3 is 1. The molecule has 2 heterocycles. The summed E-state index contributed by atoms with van der Waals surface area (Å²) >= 11 is 0. The molecule has 3 aromatic rings. The van der Waals surface area contributed by atoms with Crippen molar-refractivity contribution in [3.05, 3.63) is 30.6 Å². The van der Waals surface area contributed by atoms with Gasteiger partial charge < -0.3 is 4.74 Å². The Labute approximate surface area is 119 Å². The van der Waals surface area contributed by atoms with E-state index in [9.17, 15) is 8.42 Å². The lowest BCUT2D eigenvalue weighted by molar-refractivity contribution is 0.414. The summed E-state index contributed by atoms with van der Waals surface area (Å²) in [6, 6.07) is 5.98. The predicted octanol–water partition coefficient (Wildman–Crippen LogP) is 0.557. The van der Waals surface area contributed by atoms with E-state index in [1.165, 1.54) is 25.6 Å². The summed E-state index contributed by atoms with van der Waals surface area (Å²) in [5, 5.41) is 9.95. The third-order valence-electron chi connectivity index (χ3n) is 2.72. The molecule has 3 rings (SSSR count). The van der Waals surface area contributed by atoms with Crippen LogP contribution in [-0.2, 0) is 10.0 Å². The Kier molecular flexibility index (Phi) is 3.14. The number of anilines is 1. The standard InChI is InChI=1S/C11H10N6O3S/c1-20-7-2-4-8(5-3-7)21(18,19)16-11-9-10(12-6-13-11)15-17-14-9/h2-6H,1H3,(H2,12,13,14,15,16,17). The van der Waals surface area contributed by atoms with Crippen LogP contribution in [0.25, 0.3) is 11.2 Å². The quantitative estimate of drug-likeness (QED) is 0.721. The van der Waals surface area contributed by atoms with E-state index in [2.05, 4.69) is 30.1 Å². The average molecular weight is 306 g/mol. The van der Waals surface area contributed by atoms with Gasteiger partial charge in [-0.15, -0.1) is 5.10 Å². The van der Waals surface area contributed by atoms with Crippen LogP contribution < -0.4 is 9.46 Å². The van der Waals surface area contributed by atoms with E-state index in [1.54, 1.807) is 12.1 Å². The summed E-state index contributed by atoms with van der Waals surface area (Å²) < 4.78 is 31.9. The van der Waals surface area contributed by atoms with Crippen molar-refractivity contribution in [1.82, 2.24) is 25.4 Å². The number of ether oxygens (including phenoxy) is 1. The molecule has 0 amide bonds. The highest BCUT2D eigenvalue weighted by Gasteiger charge is 2.18. The Morgan fingerprint density at radius 3 is 2.62 bits per heavy atom. The smallest absolute Gasteiger partial charge is 0.263 e. The fraction of sp³-hybridized carbons (Fsp3) is 0.0909. The van der Waals surface area contributed by atoms with Crippen LogP contribution in [0.4, 0.5) is 5.82 Å². The summed E-state index contributed by atoms with van der Waals surface area (Å²) in [5.41, 5.74) is 0.520. The first kappa shape index (κ1) is 13.2. The number of hydrogen-bond donors (Lipinski definition) is 2. The van der Waals surface area contributed by atoms with Gasteiger partial charge in [-0.3, -0.25) is 4.72 Å². The monoisotopic (exact) mass is 306 g/mol. The van der Waals surface area contributed by atoms with E-state index < -0.39 is 10.0 Å². The Morgan fingerprint density at radius 2 is 1.90 bits per heavy atom. The van der Waals surface area contributed by atoms with E-state index in [4.69, 9.17) is 4.74 Å². The van der Waals surface area contributed by atoms with Crippen LogP contribution in [0.3, 0.4) is 0 Å². The molecular weight excluding hydrogens is 296 g/mol. The molecule has 21 heavy (non-hydrogen) atoms. The molecule has 0 unspecified atom stereocenters. The number of aromatic nitrogens is 5. The van der Waals surface area contributed by atoms with Crippen LogP contribution in [0, 0.1) is 0 Å². The number of H-pyrrole nitrogens is 1. The van der Waals surface area contributed by atoms with Crippen molar-refractivity contribution in [2.75, 3.05) is 11.8 Å². The molecule has 0 aliphatic carbocycles. The summed E-state index contributed by atoms with van der Waals surface area (Å²) in [6.07, 6.45) is 1.21. The molecule has 2 N–H and O–H groups in total. The summed E-state index contributed by atoms with van der Waals surface area (Å²) in [7, 11) is -2.28. The van der Waals surface area contributed by atoms with Gasteiger partial charge >= 0.3 is 0 Å². The first-order valence-electron chi connectivity index (χ1n) is 5.78. The second-order valence-corrected chi connectivity index (χ2v) is 5.68. The predicted molar refractivity (Wildman–Crippen MR) is 73.3 cm³/mol. The van der Waals surface area contributed by atoms with Crippen molar-refractivity contribution in [2.45, 2.75) is 4.90 Å². The first-order valence-corrected chi connectivity index (χ1v) is 7.27. The number of benzene rings is 1. The van der Waals surface area contributed by atoms with Crippen molar-refractivity contribution in [3.8, 4) is 5.75 Å². The minimum Gasteiger partial charge on any atom is -0.497 e. The topological polar surface area (TPSA) is 123 Å². The molecule has 0 aliphatic rings. The molecule has 10 heteroatoms. The van der Waals surface area contributed by atoms with E-state index in [0.29, 0.717) is 5.75 Å². The lowest BCUT2D eigenvalue weighted by Gasteiger charge is -2.07. The number of hydrogen-bond acceptors (Lipinski definition) is 7. The van der Waals surface area contributed by atoms with Crippen molar-refractivity contribution < 1.29 is 13.2 Å². The Hall–Kier alpha value is -2.75. The number of sulfonamides is 1. The second-order valence-electron chi connectivity index (χ2n) is 4.00. The number of aromatic amines is 1. The summed E-state index contributed by atoms with van der Waals surface area (Å²) in [5.74, 6) is 0.624. The summed E-state index contributed by atoms with van der Waals surface area (Å²) in [4.78, 5) is 7.82. The van der Waals surface area contributed by atoms with Crippen molar-refractivity contribution in [3.63, 3.8) is 0 Å². The first-order chi connectivity index (χ1) is 10.1. The van der Waals surface area contributed by atoms with E-state index in [0.717, 1.165) is 0 Å². The molecule has 9 nitrogen and oxygen atoms in total. The van der Waals surface area contributed by atoms with Crippen molar-refractivity contribution >= 4 is 27.0 Å². The maximum absolute atomic E-state index is 12.3. The molecule has 0 saturated heterocycles. The lowest BCUT2D eigenvalue weighted by atomic mass is 10.3. The maximum Gasteiger partial charge on any atom is 0.263 e.